The molecule has 0 radical (unpaired) electrons. The van der Waals surface area contributed by atoms with Crippen molar-refractivity contribution in [1.29, 1.82) is 0 Å². The maximum Gasteiger partial charge on any atom is 0.303 e. The van der Waals surface area contributed by atoms with Gasteiger partial charge in [0, 0.05) is 6.42 Å². The summed E-state index contributed by atoms with van der Waals surface area (Å²) in [4.78, 5) is 11.8. The Balaban J connectivity index is 0. The van der Waals surface area contributed by atoms with E-state index in [1.54, 1.807) is 25.9 Å². The molecule has 0 aromatic heterocycles. The van der Waals surface area contributed by atoms with Crippen molar-refractivity contribution in [3.8, 4) is 0 Å². The number of aliphatic hydroxyl groups is 2. The summed E-state index contributed by atoms with van der Waals surface area (Å²) in [6, 6.07) is 0. The molecule has 2 unspecified atom stereocenters. The lowest BCUT2D eigenvalue weighted by Gasteiger charge is -2.34. The molecule has 0 aliphatic rings. The van der Waals surface area contributed by atoms with Crippen molar-refractivity contribution in [1.82, 2.24) is 4.90 Å². The zero-order valence-electron chi connectivity index (χ0n) is 18.8. The fourth-order valence-electron chi connectivity index (χ4n) is 3.25. The van der Waals surface area contributed by atoms with Crippen molar-refractivity contribution in [2.45, 2.75) is 117 Å². The summed E-state index contributed by atoms with van der Waals surface area (Å²) < 4.78 is 0. The van der Waals surface area contributed by atoms with Gasteiger partial charge in [-0.1, -0.05) is 78.6 Å². The van der Waals surface area contributed by atoms with E-state index >= 15 is 0 Å². The molecule has 0 spiro atoms. The highest BCUT2D eigenvalue weighted by Crippen LogP contribution is 2.21. The Morgan fingerprint density at radius 3 is 1.67 bits per heavy atom. The van der Waals surface area contributed by atoms with Crippen molar-refractivity contribution in [2.24, 2.45) is 5.92 Å². The molecule has 0 aromatic rings. The van der Waals surface area contributed by atoms with E-state index in [2.05, 4.69) is 6.92 Å². The second-order valence-corrected chi connectivity index (χ2v) is 8.62. The van der Waals surface area contributed by atoms with Crippen LogP contribution < -0.4 is 0 Å². The van der Waals surface area contributed by atoms with Crippen LogP contribution in [0.3, 0.4) is 0 Å². The van der Waals surface area contributed by atoms with E-state index in [1.165, 1.54) is 51.4 Å². The lowest BCUT2D eigenvalue weighted by atomic mass is 9.92. The zero-order chi connectivity index (χ0) is 21.3. The molecule has 0 rings (SSSR count). The van der Waals surface area contributed by atoms with Crippen molar-refractivity contribution in [3.63, 3.8) is 0 Å². The smallest absolute Gasteiger partial charge is 0.303 e. The molecule has 2 atom stereocenters. The van der Waals surface area contributed by atoms with Crippen LogP contribution in [0.15, 0.2) is 0 Å². The second-order valence-electron chi connectivity index (χ2n) is 8.62. The summed E-state index contributed by atoms with van der Waals surface area (Å²) >= 11 is 0. The average Bonchev–Trinajstić information content (AvgIpc) is 2.55. The third-order valence-corrected chi connectivity index (χ3v) is 4.61. The summed E-state index contributed by atoms with van der Waals surface area (Å²) in [6.45, 7) is 7.95. The Morgan fingerprint density at radius 2 is 1.33 bits per heavy atom. The molecule has 5 nitrogen and oxygen atoms in total. The fraction of sp³-hybridized carbons (Fsp3) is 0.955. The van der Waals surface area contributed by atoms with Crippen LogP contribution in [0.2, 0.25) is 0 Å². The SMILES string of the molecule is CC(C)CC(C)(O)C(O)N(C)C.CCCCCCCCCCCCC(=O)O. The number of unbranched alkanes of at least 4 members (excludes halogenated alkanes) is 9. The summed E-state index contributed by atoms with van der Waals surface area (Å²) in [6.07, 6.45) is 12.7. The van der Waals surface area contributed by atoms with Crippen LogP contribution >= 0.6 is 0 Å². The molecule has 0 aromatic carbocycles. The topological polar surface area (TPSA) is 81.0 Å². The minimum atomic E-state index is -1.02. The van der Waals surface area contributed by atoms with Crippen LogP contribution in [0, 0.1) is 5.92 Å². The van der Waals surface area contributed by atoms with Crippen LogP contribution in [0.5, 0.6) is 0 Å². The molecule has 164 valence electrons. The number of rotatable bonds is 15. The van der Waals surface area contributed by atoms with Gasteiger partial charge in [-0.15, -0.1) is 0 Å². The molecule has 3 N–H and O–H groups in total. The molecule has 5 heteroatoms. The molecule has 0 amide bonds. The number of hydrogen-bond donors (Lipinski definition) is 3. The molecule has 0 heterocycles. The zero-order valence-corrected chi connectivity index (χ0v) is 18.8. The predicted molar refractivity (Wildman–Crippen MR) is 114 cm³/mol. The number of carbonyl (C=O) groups is 1. The van der Waals surface area contributed by atoms with Crippen LogP contribution in [0.4, 0.5) is 0 Å². The Kier molecular flexibility index (Phi) is 18.5. The van der Waals surface area contributed by atoms with Gasteiger partial charge in [0.25, 0.3) is 0 Å². The third-order valence-electron chi connectivity index (χ3n) is 4.61. The second kappa shape index (κ2) is 17.4. The van der Waals surface area contributed by atoms with Crippen LogP contribution in [-0.4, -0.2) is 52.1 Å². The summed E-state index contributed by atoms with van der Waals surface area (Å²) in [5.41, 5.74) is -1.02. The fourth-order valence-corrected chi connectivity index (χ4v) is 3.25. The first-order valence-electron chi connectivity index (χ1n) is 10.8. The standard InChI is InChI=1S/C13H26O2.C9H21NO2/c1-2-3-4-5-6-7-8-9-10-11-12-13(14)15;1-7(2)6-9(3,12)8(11)10(4)5/h2-12H2,1H3,(H,14,15);7-8,11-12H,6H2,1-5H3. The maximum atomic E-state index is 10.2. The number of nitrogens with zero attached hydrogens (tertiary/aromatic N) is 1. The summed E-state index contributed by atoms with van der Waals surface area (Å²) in [7, 11) is 3.50. The molecule has 0 saturated carbocycles. The molecule has 0 bridgehead atoms. The Bertz CT molecular complexity index is 343. The van der Waals surface area contributed by atoms with Crippen molar-refractivity contribution >= 4 is 5.97 Å². The van der Waals surface area contributed by atoms with Gasteiger partial charge in [-0.3, -0.25) is 9.69 Å². The molecule has 0 fully saturated rings. The van der Waals surface area contributed by atoms with Gasteiger partial charge in [-0.2, -0.15) is 0 Å². The van der Waals surface area contributed by atoms with E-state index in [-0.39, 0.29) is 0 Å². The molecule has 0 saturated heterocycles. The van der Waals surface area contributed by atoms with Gasteiger partial charge in [0.15, 0.2) is 0 Å². The van der Waals surface area contributed by atoms with Crippen LogP contribution in [0.1, 0.15) is 105 Å². The first kappa shape index (κ1) is 28.6. The lowest BCUT2D eigenvalue weighted by molar-refractivity contribution is -0.137. The maximum absolute atomic E-state index is 10.2. The third kappa shape index (κ3) is 19.9. The average molecular weight is 390 g/mol. The van der Waals surface area contributed by atoms with Gasteiger partial charge in [-0.05, 0) is 39.8 Å². The van der Waals surface area contributed by atoms with E-state index < -0.39 is 17.8 Å². The highest BCUT2D eigenvalue weighted by Gasteiger charge is 2.32. The normalized spacial score (nSPS) is 14.6. The Hall–Kier alpha value is -0.650. The summed E-state index contributed by atoms with van der Waals surface area (Å²) in [5, 5.41) is 27.8. The van der Waals surface area contributed by atoms with E-state index in [1.807, 2.05) is 13.8 Å². The molecule has 0 aliphatic heterocycles. The molecular formula is C22H47NO4. The molecule has 0 aliphatic carbocycles. The molecular weight excluding hydrogens is 342 g/mol. The Morgan fingerprint density at radius 1 is 0.926 bits per heavy atom. The number of hydrogen-bond acceptors (Lipinski definition) is 4. The number of likely N-dealkylation sites (N-methyl/N-ethyl adjacent to an activating group) is 1. The van der Waals surface area contributed by atoms with Gasteiger partial charge in [0.05, 0.1) is 0 Å². The molecule has 27 heavy (non-hydrogen) atoms. The highest BCUT2D eigenvalue weighted by atomic mass is 16.4. The first-order chi connectivity index (χ1) is 12.5. The van der Waals surface area contributed by atoms with E-state index in [9.17, 15) is 15.0 Å². The van der Waals surface area contributed by atoms with Gasteiger partial charge in [0.2, 0.25) is 0 Å². The Labute approximate surface area is 168 Å². The predicted octanol–water partition coefficient (Wildman–Crippen LogP) is 5.05. The lowest BCUT2D eigenvalue weighted by Crippen LogP contribution is -2.48. The van der Waals surface area contributed by atoms with Crippen molar-refractivity contribution in [2.75, 3.05) is 14.1 Å². The number of aliphatic carboxylic acids is 1. The van der Waals surface area contributed by atoms with Crippen molar-refractivity contribution in [3.05, 3.63) is 0 Å². The number of carboxylic acids is 1. The minimum absolute atomic E-state index is 0.344. The first-order valence-corrected chi connectivity index (χ1v) is 10.8. The van der Waals surface area contributed by atoms with Gasteiger partial charge >= 0.3 is 5.97 Å². The highest BCUT2D eigenvalue weighted by molar-refractivity contribution is 5.66. The number of carboxylic acid groups (broad SMARTS) is 1. The van der Waals surface area contributed by atoms with Gasteiger partial charge in [0.1, 0.15) is 11.8 Å². The largest absolute Gasteiger partial charge is 0.481 e. The van der Waals surface area contributed by atoms with Crippen LogP contribution in [-0.2, 0) is 4.79 Å². The van der Waals surface area contributed by atoms with Crippen molar-refractivity contribution < 1.29 is 20.1 Å². The van der Waals surface area contributed by atoms with Gasteiger partial charge in [-0.25, -0.2) is 0 Å². The van der Waals surface area contributed by atoms with E-state index in [0.717, 1.165) is 12.8 Å². The van der Waals surface area contributed by atoms with Gasteiger partial charge < -0.3 is 15.3 Å². The van der Waals surface area contributed by atoms with Crippen LogP contribution in [0.25, 0.3) is 0 Å². The quantitative estimate of drug-likeness (QED) is 0.270. The minimum Gasteiger partial charge on any atom is -0.481 e. The number of aliphatic hydroxyl groups excluding tert-OH is 1. The monoisotopic (exact) mass is 389 g/mol. The summed E-state index contributed by atoms with van der Waals surface area (Å²) in [5.74, 6) is -0.274. The van der Waals surface area contributed by atoms with E-state index in [4.69, 9.17) is 5.11 Å². The van der Waals surface area contributed by atoms with E-state index in [0.29, 0.717) is 18.8 Å².